The second-order valence-electron chi connectivity index (χ2n) is 2.44. The van der Waals surface area contributed by atoms with Crippen molar-refractivity contribution in [2.24, 2.45) is 0 Å². The van der Waals surface area contributed by atoms with Crippen LogP contribution in [0.15, 0.2) is 18.3 Å². The maximum absolute atomic E-state index is 10.4. The van der Waals surface area contributed by atoms with E-state index < -0.39 is 0 Å². The van der Waals surface area contributed by atoms with Crippen molar-refractivity contribution in [3.05, 3.63) is 29.2 Å². The summed E-state index contributed by atoms with van der Waals surface area (Å²) < 4.78 is 0. The molecular weight excluding hydrogens is 176 g/mol. The largest absolute Gasteiger partial charge is 0.352 e. The lowest BCUT2D eigenvalue weighted by Crippen LogP contribution is -1.75. The highest BCUT2D eigenvalue weighted by Crippen LogP contribution is 2.16. The average Bonchev–Trinajstić information content (AvgIpc) is 2.46. The van der Waals surface area contributed by atoms with Gasteiger partial charge in [-0.15, -0.1) is 0 Å². The predicted molar refractivity (Wildman–Crippen MR) is 46.5 cm³/mol. The van der Waals surface area contributed by atoms with Gasteiger partial charge < -0.3 is 4.98 Å². The third-order valence-corrected chi connectivity index (χ3v) is 1.83. The van der Waals surface area contributed by atoms with E-state index in [2.05, 4.69) is 9.97 Å². The van der Waals surface area contributed by atoms with Crippen LogP contribution in [0.2, 0.25) is 5.15 Å². The molecule has 0 amide bonds. The van der Waals surface area contributed by atoms with E-state index in [1.807, 2.05) is 0 Å². The lowest BCUT2D eigenvalue weighted by Gasteiger charge is -1.88. The number of H-pyrrole nitrogens is 1. The Balaban J connectivity index is 2.75. The molecule has 0 aliphatic carbocycles. The number of aromatic nitrogens is 2. The highest BCUT2D eigenvalue weighted by molar-refractivity contribution is 6.30. The third-order valence-electron chi connectivity index (χ3n) is 1.62. The lowest BCUT2D eigenvalue weighted by molar-refractivity contribution is 0.112. The Hall–Kier alpha value is -1.35. The van der Waals surface area contributed by atoms with Crippen molar-refractivity contribution in [2.45, 2.75) is 0 Å². The van der Waals surface area contributed by atoms with Gasteiger partial charge in [0, 0.05) is 11.6 Å². The number of carbonyl (C=O) groups excluding carboxylic acids is 1. The van der Waals surface area contributed by atoms with E-state index in [4.69, 9.17) is 11.6 Å². The second kappa shape index (κ2) is 2.60. The zero-order valence-electron chi connectivity index (χ0n) is 6.04. The smallest absolute Gasteiger partial charge is 0.166 e. The molecule has 0 atom stereocenters. The monoisotopic (exact) mass is 180 g/mol. The van der Waals surface area contributed by atoms with E-state index in [0.29, 0.717) is 10.8 Å². The summed E-state index contributed by atoms with van der Waals surface area (Å²) in [6.07, 6.45) is 2.38. The number of aromatic amines is 1. The number of pyridine rings is 1. The zero-order valence-corrected chi connectivity index (χ0v) is 6.80. The fourth-order valence-corrected chi connectivity index (χ4v) is 1.24. The number of fused-ring (bicyclic) bond motifs is 1. The van der Waals surface area contributed by atoms with Crippen LogP contribution in [0.5, 0.6) is 0 Å². The summed E-state index contributed by atoms with van der Waals surface area (Å²) in [5, 5.41) is 1.31. The van der Waals surface area contributed by atoms with Gasteiger partial charge in [0.2, 0.25) is 0 Å². The number of aldehydes is 1. The first-order valence-corrected chi connectivity index (χ1v) is 3.77. The standard InChI is InChI=1S/C8H5ClN2O/c9-8-2-7-5(3-10-8)1-6(4-12)11-7/h1-4,11H. The molecule has 0 bridgehead atoms. The van der Waals surface area contributed by atoms with Crippen LogP contribution in [0.3, 0.4) is 0 Å². The fourth-order valence-electron chi connectivity index (χ4n) is 1.09. The summed E-state index contributed by atoms with van der Waals surface area (Å²) in [5.74, 6) is 0. The Morgan fingerprint density at radius 2 is 2.33 bits per heavy atom. The average molecular weight is 181 g/mol. The summed E-state index contributed by atoms with van der Waals surface area (Å²) in [5.41, 5.74) is 1.37. The van der Waals surface area contributed by atoms with Gasteiger partial charge >= 0.3 is 0 Å². The number of hydrogen-bond acceptors (Lipinski definition) is 2. The van der Waals surface area contributed by atoms with E-state index in [9.17, 15) is 4.79 Å². The van der Waals surface area contributed by atoms with Crippen molar-refractivity contribution < 1.29 is 4.79 Å². The van der Waals surface area contributed by atoms with E-state index >= 15 is 0 Å². The summed E-state index contributed by atoms with van der Waals surface area (Å²) >= 11 is 5.65. The molecule has 2 aromatic heterocycles. The highest BCUT2D eigenvalue weighted by Gasteiger charge is 1.99. The summed E-state index contributed by atoms with van der Waals surface area (Å²) in [4.78, 5) is 17.2. The molecule has 0 aliphatic heterocycles. The van der Waals surface area contributed by atoms with Gasteiger partial charge in [-0.25, -0.2) is 4.98 Å². The van der Waals surface area contributed by atoms with Gasteiger partial charge in [-0.3, -0.25) is 4.79 Å². The Kier molecular flexibility index (Phi) is 1.59. The van der Waals surface area contributed by atoms with Gasteiger partial charge in [0.1, 0.15) is 5.15 Å². The number of nitrogens with one attached hydrogen (secondary N) is 1. The van der Waals surface area contributed by atoms with E-state index in [0.717, 1.165) is 17.2 Å². The number of nitrogens with zero attached hydrogens (tertiary/aromatic N) is 1. The lowest BCUT2D eigenvalue weighted by atomic mass is 10.3. The Morgan fingerprint density at radius 1 is 1.50 bits per heavy atom. The first-order chi connectivity index (χ1) is 5.79. The molecule has 0 unspecified atom stereocenters. The number of carbonyl (C=O) groups is 1. The second-order valence-corrected chi connectivity index (χ2v) is 2.82. The van der Waals surface area contributed by atoms with Crippen molar-refractivity contribution in [3.8, 4) is 0 Å². The third kappa shape index (κ3) is 1.08. The molecule has 0 aromatic carbocycles. The maximum atomic E-state index is 10.4. The van der Waals surface area contributed by atoms with Gasteiger partial charge in [0.15, 0.2) is 6.29 Å². The SMILES string of the molecule is O=Cc1cc2cnc(Cl)cc2[nH]1. The van der Waals surface area contributed by atoms with Crippen LogP contribution >= 0.6 is 11.6 Å². The van der Waals surface area contributed by atoms with Crippen LogP contribution in [0, 0.1) is 0 Å². The van der Waals surface area contributed by atoms with Crippen molar-refractivity contribution in [1.29, 1.82) is 0 Å². The van der Waals surface area contributed by atoms with E-state index in [1.165, 1.54) is 0 Å². The fraction of sp³-hybridized carbons (Fsp3) is 0. The Bertz CT molecular complexity index is 436. The van der Waals surface area contributed by atoms with Crippen molar-refractivity contribution in [3.63, 3.8) is 0 Å². The summed E-state index contributed by atoms with van der Waals surface area (Å²) in [6.45, 7) is 0. The topological polar surface area (TPSA) is 45.8 Å². The molecule has 2 heterocycles. The van der Waals surface area contributed by atoms with E-state index in [-0.39, 0.29) is 0 Å². The minimum absolute atomic E-state index is 0.418. The van der Waals surface area contributed by atoms with Crippen molar-refractivity contribution in [1.82, 2.24) is 9.97 Å². The molecule has 0 radical (unpaired) electrons. The molecule has 0 fully saturated rings. The molecule has 12 heavy (non-hydrogen) atoms. The Morgan fingerprint density at radius 3 is 3.08 bits per heavy atom. The minimum atomic E-state index is 0.418. The molecule has 0 spiro atoms. The van der Waals surface area contributed by atoms with Gasteiger partial charge in [-0.05, 0) is 12.1 Å². The Labute approximate surface area is 73.4 Å². The molecule has 2 rings (SSSR count). The summed E-state index contributed by atoms with van der Waals surface area (Å²) in [6, 6.07) is 3.41. The van der Waals surface area contributed by atoms with Crippen LogP contribution in [0.4, 0.5) is 0 Å². The van der Waals surface area contributed by atoms with Crippen LogP contribution < -0.4 is 0 Å². The minimum Gasteiger partial charge on any atom is -0.352 e. The van der Waals surface area contributed by atoms with Crippen molar-refractivity contribution in [2.75, 3.05) is 0 Å². The number of hydrogen-bond donors (Lipinski definition) is 1. The quantitative estimate of drug-likeness (QED) is 0.539. The van der Waals surface area contributed by atoms with E-state index in [1.54, 1.807) is 18.3 Å². The molecule has 60 valence electrons. The molecule has 0 aliphatic rings. The van der Waals surface area contributed by atoms with Crippen LogP contribution in [0.25, 0.3) is 10.9 Å². The molecule has 3 nitrogen and oxygen atoms in total. The van der Waals surface area contributed by atoms with Crippen LogP contribution in [-0.2, 0) is 0 Å². The highest BCUT2D eigenvalue weighted by atomic mass is 35.5. The normalized spacial score (nSPS) is 10.4. The number of rotatable bonds is 1. The molecule has 4 heteroatoms. The molecule has 0 saturated carbocycles. The summed E-state index contributed by atoms with van der Waals surface area (Å²) in [7, 11) is 0. The molecule has 0 saturated heterocycles. The molecule has 2 aromatic rings. The number of halogens is 1. The molecule has 1 N–H and O–H groups in total. The van der Waals surface area contributed by atoms with Gasteiger partial charge in [-0.1, -0.05) is 11.6 Å². The first kappa shape index (κ1) is 7.31. The molecular formula is C8H5ClN2O. The van der Waals surface area contributed by atoms with Gasteiger partial charge in [0.25, 0.3) is 0 Å². The zero-order chi connectivity index (χ0) is 8.55. The van der Waals surface area contributed by atoms with Gasteiger partial charge in [-0.2, -0.15) is 0 Å². The van der Waals surface area contributed by atoms with Gasteiger partial charge in [0.05, 0.1) is 11.2 Å². The van der Waals surface area contributed by atoms with Crippen LogP contribution in [0.1, 0.15) is 10.5 Å². The van der Waals surface area contributed by atoms with Crippen molar-refractivity contribution >= 4 is 28.8 Å². The first-order valence-electron chi connectivity index (χ1n) is 3.39. The predicted octanol–water partition coefficient (Wildman–Crippen LogP) is 2.03. The maximum Gasteiger partial charge on any atom is 0.166 e. The van der Waals surface area contributed by atoms with Crippen LogP contribution in [-0.4, -0.2) is 16.3 Å².